The summed E-state index contributed by atoms with van der Waals surface area (Å²) in [5, 5.41) is 11.3. The fourth-order valence-corrected chi connectivity index (χ4v) is 2.69. The molecule has 122 valence electrons. The van der Waals surface area contributed by atoms with E-state index >= 15 is 0 Å². The van der Waals surface area contributed by atoms with Crippen LogP contribution in [0.25, 0.3) is 0 Å². The summed E-state index contributed by atoms with van der Waals surface area (Å²) in [5.41, 5.74) is 1.56. The van der Waals surface area contributed by atoms with Crippen LogP contribution in [-0.2, 0) is 6.54 Å². The predicted molar refractivity (Wildman–Crippen MR) is 86.4 cm³/mol. The van der Waals surface area contributed by atoms with E-state index in [-0.39, 0.29) is 11.9 Å². The number of rotatable bonds is 5. The first kappa shape index (κ1) is 14.6. The third kappa shape index (κ3) is 2.90. The monoisotopic (exact) mass is 323 g/mol. The SMILES string of the molecule is O=C(Nc1ncn(Cc2cccnc2)n1)c1ccnn1C1CCC1. The van der Waals surface area contributed by atoms with Gasteiger partial charge in [0.15, 0.2) is 0 Å². The van der Waals surface area contributed by atoms with E-state index in [2.05, 4.69) is 25.5 Å². The lowest BCUT2D eigenvalue weighted by Gasteiger charge is -2.26. The van der Waals surface area contributed by atoms with E-state index in [0.717, 1.165) is 18.4 Å². The van der Waals surface area contributed by atoms with E-state index in [1.807, 2.05) is 12.1 Å². The summed E-state index contributed by atoms with van der Waals surface area (Å²) in [6, 6.07) is 5.89. The van der Waals surface area contributed by atoms with Crippen LogP contribution >= 0.6 is 0 Å². The first-order chi connectivity index (χ1) is 11.8. The molecule has 1 aliphatic carbocycles. The molecule has 0 saturated heterocycles. The summed E-state index contributed by atoms with van der Waals surface area (Å²) < 4.78 is 3.46. The van der Waals surface area contributed by atoms with Gasteiger partial charge in [0.1, 0.15) is 12.0 Å². The molecular weight excluding hydrogens is 306 g/mol. The van der Waals surface area contributed by atoms with Crippen LogP contribution in [0.1, 0.15) is 41.4 Å². The maximum Gasteiger partial charge on any atom is 0.276 e. The molecule has 0 atom stereocenters. The summed E-state index contributed by atoms with van der Waals surface area (Å²) >= 11 is 0. The molecule has 3 aromatic heterocycles. The molecule has 0 unspecified atom stereocenters. The zero-order valence-electron chi connectivity index (χ0n) is 13.0. The van der Waals surface area contributed by atoms with E-state index in [9.17, 15) is 4.79 Å². The van der Waals surface area contributed by atoms with E-state index in [1.54, 1.807) is 40.3 Å². The highest BCUT2D eigenvalue weighted by atomic mass is 16.2. The number of hydrogen-bond donors (Lipinski definition) is 1. The molecule has 24 heavy (non-hydrogen) atoms. The van der Waals surface area contributed by atoms with Gasteiger partial charge in [0, 0.05) is 18.6 Å². The van der Waals surface area contributed by atoms with Gasteiger partial charge in [0.05, 0.1) is 12.6 Å². The highest BCUT2D eigenvalue weighted by Gasteiger charge is 2.25. The Kier molecular flexibility index (Phi) is 3.78. The van der Waals surface area contributed by atoms with Crippen LogP contribution in [-0.4, -0.2) is 35.4 Å². The highest BCUT2D eigenvalue weighted by molar-refractivity contribution is 6.02. The normalized spacial score (nSPS) is 14.3. The molecule has 0 spiro atoms. The van der Waals surface area contributed by atoms with Crippen LogP contribution in [0.2, 0.25) is 0 Å². The summed E-state index contributed by atoms with van der Waals surface area (Å²) in [4.78, 5) is 20.6. The minimum atomic E-state index is -0.237. The first-order valence-electron chi connectivity index (χ1n) is 7.93. The number of nitrogens with zero attached hydrogens (tertiary/aromatic N) is 6. The van der Waals surface area contributed by atoms with E-state index < -0.39 is 0 Å². The largest absolute Gasteiger partial charge is 0.288 e. The Morgan fingerprint density at radius 1 is 1.29 bits per heavy atom. The summed E-state index contributed by atoms with van der Waals surface area (Å²) in [5.74, 6) is 0.0452. The van der Waals surface area contributed by atoms with Crippen molar-refractivity contribution in [3.63, 3.8) is 0 Å². The van der Waals surface area contributed by atoms with Crippen LogP contribution in [0.3, 0.4) is 0 Å². The fraction of sp³-hybridized carbons (Fsp3) is 0.312. The molecule has 1 N–H and O–H groups in total. The topological polar surface area (TPSA) is 90.5 Å². The molecule has 1 fully saturated rings. The number of pyridine rings is 1. The van der Waals surface area contributed by atoms with Crippen molar-refractivity contribution in [2.24, 2.45) is 0 Å². The quantitative estimate of drug-likeness (QED) is 0.774. The Balaban J connectivity index is 1.44. The Labute approximate surface area is 138 Å². The van der Waals surface area contributed by atoms with Crippen LogP contribution in [0.5, 0.6) is 0 Å². The van der Waals surface area contributed by atoms with Gasteiger partial charge in [-0.1, -0.05) is 6.07 Å². The molecule has 0 aliphatic heterocycles. The predicted octanol–water partition coefficient (Wildman–Crippen LogP) is 1.90. The molecular formula is C16H17N7O. The summed E-state index contributed by atoms with van der Waals surface area (Å²) in [6.45, 7) is 0.552. The van der Waals surface area contributed by atoms with Gasteiger partial charge in [-0.3, -0.25) is 19.8 Å². The zero-order valence-corrected chi connectivity index (χ0v) is 13.0. The lowest BCUT2D eigenvalue weighted by molar-refractivity contribution is 0.100. The van der Waals surface area contributed by atoms with Crippen molar-refractivity contribution in [3.8, 4) is 0 Å². The maximum atomic E-state index is 12.4. The standard InChI is InChI=1S/C16H17N7O/c24-15(14-6-8-19-23(14)13-4-1-5-13)20-16-18-11-22(21-16)10-12-3-2-7-17-9-12/h2-3,6-9,11,13H,1,4-5,10H2,(H,20,21,24). The molecule has 0 radical (unpaired) electrons. The zero-order chi connectivity index (χ0) is 16.4. The Bertz CT molecular complexity index is 835. The number of carbonyl (C=O) groups excluding carboxylic acids is 1. The molecule has 8 heteroatoms. The first-order valence-corrected chi connectivity index (χ1v) is 7.93. The smallest absolute Gasteiger partial charge is 0.276 e. The van der Waals surface area contributed by atoms with Crippen LogP contribution in [0.4, 0.5) is 5.95 Å². The molecule has 1 amide bonds. The summed E-state index contributed by atoms with van der Waals surface area (Å²) in [6.07, 6.45) is 10.1. The van der Waals surface area contributed by atoms with Crippen molar-refractivity contribution in [2.45, 2.75) is 31.8 Å². The number of anilines is 1. The fourth-order valence-electron chi connectivity index (χ4n) is 2.69. The number of amides is 1. The van der Waals surface area contributed by atoms with Crippen LogP contribution in [0, 0.1) is 0 Å². The van der Waals surface area contributed by atoms with Crippen molar-refractivity contribution in [1.29, 1.82) is 0 Å². The van der Waals surface area contributed by atoms with Gasteiger partial charge in [-0.25, -0.2) is 9.67 Å². The van der Waals surface area contributed by atoms with Crippen molar-refractivity contribution in [1.82, 2.24) is 29.5 Å². The van der Waals surface area contributed by atoms with Crippen LogP contribution < -0.4 is 5.32 Å². The number of aromatic nitrogens is 6. The lowest BCUT2D eigenvalue weighted by atomic mass is 9.93. The van der Waals surface area contributed by atoms with E-state index in [4.69, 9.17) is 0 Å². The maximum absolute atomic E-state index is 12.4. The second kappa shape index (κ2) is 6.23. The van der Waals surface area contributed by atoms with Crippen molar-refractivity contribution in [2.75, 3.05) is 5.32 Å². The summed E-state index contributed by atoms with van der Waals surface area (Å²) in [7, 11) is 0. The molecule has 0 aromatic carbocycles. The lowest BCUT2D eigenvalue weighted by Crippen LogP contribution is -2.25. The Morgan fingerprint density at radius 3 is 2.96 bits per heavy atom. The average molecular weight is 323 g/mol. The van der Waals surface area contributed by atoms with Gasteiger partial charge < -0.3 is 0 Å². The second-order valence-electron chi connectivity index (χ2n) is 5.83. The Morgan fingerprint density at radius 2 is 2.21 bits per heavy atom. The van der Waals surface area contributed by atoms with E-state index in [0.29, 0.717) is 18.3 Å². The molecule has 3 heterocycles. The van der Waals surface area contributed by atoms with Crippen molar-refractivity contribution in [3.05, 3.63) is 54.4 Å². The van der Waals surface area contributed by atoms with Gasteiger partial charge >= 0.3 is 0 Å². The van der Waals surface area contributed by atoms with Gasteiger partial charge in [0.2, 0.25) is 5.95 Å². The van der Waals surface area contributed by atoms with Crippen molar-refractivity contribution < 1.29 is 4.79 Å². The van der Waals surface area contributed by atoms with Gasteiger partial charge in [-0.05, 0) is 37.0 Å². The molecule has 1 saturated carbocycles. The number of nitrogens with one attached hydrogen (secondary N) is 1. The van der Waals surface area contributed by atoms with Gasteiger partial charge in [-0.2, -0.15) is 5.10 Å². The molecule has 0 bridgehead atoms. The number of hydrogen-bond acceptors (Lipinski definition) is 5. The van der Waals surface area contributed by atoms with Crippen LogP contribution in [0.15, 0.2) is 43.1 Å². The molecule has 8 nitrogen and oxygen atoms in total. The molecule has 1 aliphatic rings. The molecule has 4 rings (SSSR count). The minimum Gasteiger partial charge on any atom is -0.288 e. The van der Waals surface area contributed by atoms with Gasteiger partial charge in [0.25, 0.3) is 5.91 Å². The highest BCUT2D eigenvalue weighted by Crippen LogP contribution is 2.31. The number of carbonyl (C=O) groups is 1. The Hall–Kier alpha value is -3.03. The van der Waals surface area contributed by atoms with Crippen molar-refractivity contribution >= 4 is 11.9 Å². The average Bonchev–Trinajstić information content (AvgIpc) is 3.16. The van der Waals surface area contributed by atoms with Gasteiger partial charge in [-0.15, -0.1) is 5.10 Å². The third-order valence-corrected chi connectivity index (χ3v) is 4.15. The second-order valence-corrected chi connectivity index (χ2v) is 5.83. The molecule has 3 aromatic rings. The minimum absolute atomic E-state index is 0.237. The van der Waals surface area contributed by atoms with E-state index in [1.165, 1.54) is 6.42 Å². The third-order valence-electron chi connectivity index (χ3n) is 4.15.